The van der Waals surface area contributed by atoms with E-state index >= 15 is 0 Å². The Bertz CT molecular complexity index is 641. The molecular formula is C20H30N2O4. The van der Waals surface area contributed by atoms with Crippen LogP contribution in [0.2, 0.25) is 0 Å². The molecule has 1 aromatic rings. The zero-order valence-corrected chi connectivity index (χ0v) is 15.8. The quantitative estimate of drug-likeness (QED) is 0.810. The van der Waals surface area contributed by atoms with E-state index in [4.69, 9.17) is 4.74 Å². The molecule has 0 radical (unpaired) electrons. The van der Waals surface area contributed by atoms with Gasteiger partial charge in [0.25, 0.3) is 0 Å². The molecule has 2 saturated heterocycles. The molecular weight excluding hydrogens is 332 g/mol. The fourth-order valence-electron chi connectivity index (χ4n) is 4.59. The van der Waals surface area contributed by atoms with Gasteiger partial charge in [-0.2, -0.15) is 0 Å². The number of hydrogen-bond donors (Lipinski definition) is 2. The zero-order chi connectivity index (χ0) is 18.7. The monoisotopic (exact) mass is 362 g/mol. The molecule has 0 aromatic heterocycles. The van der Waals surface area contributed by atoms with Gasteiger partial charge in [0.15, 0.2) is 0 Å². The highest BCUT2D eigenvalue weighted by atomic mass is 16.5. The Hall–Kier alpha value is -1.79. The molecule has 6 heteroatoms. The molecule has 2 heterocycles. The van der Waals surface area contributed by atoms with Crippen LogP contribution in [0.5, 0.6) is 11.5 Å². The van der Waals surface area contributed by atoms with Crippen LogP contribution < -0.4 is 4.74 Å². The minimum absolute atomic E-state index is 0.137. The first kappa shape index (κ1) is 19.0. The molecule has 26 heavy (non-hydrogen) atoms. The third kappa shape index (κ3) is 3.96. The number of aromatic hydroxyl groups is 1. The Kier molecular flexibility index (Phi) is 5.73. The van der Waals surface area contributed by atoms with Gasteiger partial charge in [-0.3, -0.25) is 14.6 Å². The average molecular weight is 362 g/mol. The van der Waals surface area contributed by atoms with Gasteiger partial charge in [-0.05, 0) is 68.9 Å². The van der Waals surface area contributed by atoms with Crippen LogP contribution in [0.3, 0.4) is 0 Å². The number of nitrogens with zero attached hydrogens (tertiary/aromatic N) is 2. The molecule has 6 nitrogen and oxygen atoms in total. The van der Waals surface area contributed by atoms with E-state index in [1.165, 1.54) is 0 Å². The van der Waals surface area contributed by atoms with Crippen LogP contribution >= 0.6 is 0 Å². The Labute approximate surface area is 155 Å². The van der Waals surface area contributed by atoms with Crippen LogP contribution in [0.25, 0.3) is 0 Å². The summed E-state index contributed by atoms with van der Waals surface area (Å²) in [6.07, 6.45) is 3.81. The summed E-state index contributed by atoms with van der Waals surface area (Å²) in [7, 11) is 1.65. The number of carbonyl (C=O) groups is 1. The van der Waals surface area contributed by atoms with Gasteiger partial charge in [-0.25, -0.2) is 0 Å². The van der Waals surface area contributed by atoms with E-state index < -0.39 is 5.97 Å². The van der Waals surface area contributed by atoms with E-state index in [0.717, 1.165) is 69.7 Å². The average Bonchev–Trinajstić information content (AvgIpc) is 2.96. The SMILES string of the molecule is CCCN1CC2(CCN(Cc3cc(O)ccc3OC)CC2)C[C@@H]1C(=O)O. The smallest absolute Gasteiger partial charge is 0.320 e. The summed E-state index contributed by atoms with van der Waals surface area (Å²) in [5.74, 6) is 0.371. The Balaban J connectivity index is 1.63. The highest BCUT2D eigenvalue weighted by Crippen LogP contribution is 2.44. The van der Waals surface area contributed by atoms with E-state index in [0.29, 0.717) is 0 Å². The normalized spacial score (nSPS) is 23.4. The molecule has 2 aliphatic heterocycles. The van der Waals surface area contributed by atoms with Crippen molar-refractivity contribution in [2.45, 2.75) is 45.2 Å². The van der Waals surface area contributed by atoms with Crippen molar-refractivity contribution in [3.8, 4) is 11.5 Å². The van der Waals surface area contributed by atoms with Crippen LogP contribution in [0, 0.1) is 5.41 Å². The third-order valence-corrected chi connectivity index (χ3v) is 5.98. The van der Waals surface area contributed by atoms with Gasteiger partial charge in [0.1, 0.15) is 17.5 Å². The molecule has 144 valence electrons. The molecule has 0 amide bonds. The summed E-state index contributed by atoms with van der Waals surface area (Å²) in [6, 6.07) is 4.88. The predicted molar refractivity (Wildman–Crippen MR) is 99.5 cm³/mol. The predicted octanol–water partition coefficient (Wildman–Crippen LogP) is 2.55. The summed E-state index contributed by atoms with van der Waals surface area (Å²) in [4.78, 5) is 16.2. The van der Waals surface area contributed by atoms with Crippen molar-refractivity contribution >= 4 is 5.97 Å². The van der Waals surface area contributed by atoms with Crippen molar-refractivity contribution in [2.24, 2.45) is 5.41 Å². The van der Waals surface area contributed by atoms with Crippen molar-refractivity contribution in [2.75, 3.05) is 33.3 Å². The first-order valence-corrected chi connectivity index (χ1v) is 9.51. The lowest BCUT2D eigenvalue weighted by molar-refractivity contribution is -0.142. The first-order valence-electron chi connectivity index (χ1n) is 9.51. The van der Waals surface area contributed by atoms with Gasteiger partial charge >= 0.3 is 5.97 Å². The van der Waals surface area contributed by atoms with Crippen LogP contribution in [-0.4, -0.2) is 65.3 Å². The number of ether oxygens (including phenoxy) is 1. The Morgan fingerprint density at radius 3 is 2.69 bits per heavy atom. The molecule has 1 spiro atoms. The number of rotatable bonds is 6. The maximum Gasteiger partial charge on any atom is 0.320 e. The van der Waals surface area contributed by atoms with Gasteiger partial charge in [-0.15, -0.1) is 0 Å². The lowest BCUT2D eigenvalue weighted by Gasteiger charge is -2.39. The minimum atomic E-state index is -0.678. The highest BCUT2D eigenvalue weighted by molar-refractivity contribution is 5.74. The van der Waals surface area contributed by atoms with Crippen molar-refractivity contribution in [1.29, 1.82) is 0 Å². The number of carboxylic acids is 1. The number of likely N-dealkylation sites (tertiary alicyclic amines) is 2. The second kappa shape index (κ2) is 7.84. The van der Waals surface area contributed by atoms with Gasteiger partial charge in [0.2, 0.25) is 0 Å². The standard InChI is InChI=1S/C20H30N2O4/c1-3-8-22-14-20(12-17(22)19(24)25)6-9-21(10-7-20)13-15-11-16(23)4-5-18(15)26-2/h4-5,11,17,23H,3,6-10,12-14H2,1-2H3,(H,24,25)/t17-/m1/s1. The molecule has 0 bridgehead atoms. The maximum atomic E-state index is 11.6. The Morgan fingerprint density at radius 2 is 2.08 bits per heavy atom. The number of phenols is 1. The lowest BCUT2D eigenvalue weighted by atomic mass is 9.76. The van der Waals surface area contributed by atoms with Gasteiger partial charge < -0.3 is 14.9 Å². The summed E-state index contributed by atoms with van der Waals surface area (Å²) in [5.41, 5.74) is 1.13. The largest absolute Gasteiger partial charge is 0.508 e. The van der Waals surface area contributed by atoms with Crippen LogP contribution in [0.15, 0.2) is 18.2 Å². The number of benzene rings is 1. The molecule has 2 N–H and O–H groups in total. The second-order valence-corrected chi connectivity index (χ2v) is 7.80. The number of aliphatic carboxylic acids is 1. The summed E-state index contributed by atoms with van der Waals surface area (Å²) in [5, 5.41) is 19.3. The lowest BCUT2D eigenvalue weighted by Crippen LogP contribution is -2.41. The van der Waals surface area contributed by atoms with Gasteiger partial charge in [0, 0.05) is 18.7 Å². The van der Waals surface area contributed by atoms with Crippen LogP contribution in [0.1, 0.15) is 38.2 Å². The molecule has 1 aromatic carbocycles. The van der Waals surface area contributed by atoms with Crippen molar-refractivity contribution in [3.63, 3.8) is 0 Å². The molecule has 1 atom stereocenters. The Morgan fingerprint density at radius 1 is 1.35 bits per heavy atom. The van der Waals surface area contributed by atoms with Gasteiger partial charge in [0.05, 0.1) is 7.11 Å². The second-order valence-electron chi connectivity index (χ2n) is 7.80. The maximum absolute atomic E-state index is 11.6. The number of piperidine rings is 1. The topological polar surface area (TPSA) is 73.2 Å². The summed E-state index contributed by atoms with van der Waals surface area (Å²) in [6.45, 7) is 6.52. The number of hydrogen-bond acceptors (Lipinski definition) is 5. The van der Waals surface area contributed by atoms with Crippen molar-refractivity contribution in [3.05, 3.63) is 23.8 Å². The number of carboxylic acid groups (broad SMARTS) is 1. The van der Waals surface area contributed by atoms with E-state index in [-0.39, 0.29) is 17.2 Å². The molecule has 2 fully saturated rings. The van der Waals surface area contributed by atoms with Crippen molar-refractivity contribution < 1.29 is 19.7 Å². The molecule has 0 unspecified atom stereocenters. The van der Waals surface area contributed by atoms with E-state index in [9.17, 15) is 15.0 Å². The summed E-state index contributed by atoms with van der Waals surface area (Å²) < 4.78 is 5.41. The fraction of sp³-hybridized carbons (Fsp3) is 0.650. The molecule has 0 aliphatic carbocycles. The van der Waals surface area contributed by atoms with E-state index in [1.54, 1.807) is 25.3 Å². The zero-order valence-electron chi connectivity index (χ0n) is 15.8. The van der Waals surface area contributed by atoms with E-state index in [1.807, 2.05) is 0 Å². The number of phenolic OH excluding ortho intramolecular Hbond substituents is 1. The first-order chi connectivity index (χ1) is 12.5. The van der Waals surface area contributed by atoms with Gasteiger partial charge in [-0.1, -0.05) is 6.92 Å². The minimum Gasteiger partial charge on any atom is -0.508 e. The molecule has 0 saturated carbocycles. The molecule has 3 rings (SSSR count). The number of methoxy groups -OCH3 is 1. The fourth-order valence-corrected chi connectivity index (χ4v) is 4.59. The van der Waals surface area contributed by atoms with E-state index in [2.05, 4.69) is 16.7 Å². The molecule has 2 aliphatic rings. The van der Waals surface area contributed by atoms with Crippen molar-refractivity contribution in [1.82, 2.24) is 9.80 Å². The summed E-state index contributed by atoms with van der Waals surface area (Å²) >= 11 is 0. The van der Waals surface area contributed by atoms with Crippen LogP contribution in [-0.2, 0) is 11.3 Å². The van der Waals surface area contributed by atoms with Crippen LogP contribution in [0.4, 0.5) is 0 Å². The highest BCUT2D eigenvalue weighted by Gasteiger charge is 2.47. The third-order valence-electron chi connectivity index (χ3n) is 5.98.